The minimum atomic E-state index is 0.0598. The number of hydrogen-bond acceptors (Lipinski definition) is 3. The standard InChI is InChI=1S/C26H30N4/c1-18-15-24-25(16-19(18)2)30(17-27-24)26(20-7-11-22(12-8-20)28(3)4)21-9-13-23(14-10-21)29(5)6/h7-17,26H,1-6H3. The first-order valence-electron chi connectivity index (χ1n) is 10.3. The second-order valence-electron chi connectivity index (χ2n) is 8.45. The molecule has 4 heteroatoms. The van der Waals surface area contributed by atoms with Crippen molar-refractivity contribution in [3.63, 3.8) is 0 Å². The lowest BCUT2D eigenvalue weighted by Crippen LogP contribution is -2.14. The highest BCUT2D eigenvalue weighted by molar-refractivity contribution is 5.78. The molecule has 0 unspecified atom stereocenters. The van der Waals surface area contributed by atoms with Crippen molar-refractivity contribution in [3.05, 3.63) is 89.2 Å². The molecule has 4 aromatic rings. The van der Waals surface area contributed by atoms with Crippen molar-refractivity contribution in [2.75, 3.05) is 38.0 Å². The summed E-state index contributed by atoms with van der Waals surface area (Å²) in [6, 6.07) is 22.2. The Balaban J connectivity index is 1.88. The number of imidazole rings is 1. The van der Waals surface area contributed by atoms with Crippen molar-refractivity contribution in [2.45, 2.75) is 19.9 Å². The van der Waals surface area contributed by atoms with Crippen molar-refractivity contribution in [3.8, 4) is 0 Å². The predicted molar refractivity (Wildman–Crippen MR) is 128 cm³/mol. The average molecular weight is 399 g/mol. The van der Waals surface area contributed by atoms with Crippen LogP contribution in [0.1, 0.15) is 28.3 Å². The van der Waals surface area contributed by atoms with Gasteiger partial charge in [-0.25, -0.2) is 4.98 Å². The van der Waals surface area contributed by atoms with Gasteiger partial charge in [0, 0.05) is 39.6 Å². The molecule has 154 valence electrons. The third-order valence-corrected chi connectivity index (χ3v) is 5.92. The molecular weight excluding hydrogens is 368 g/mol. The smallest absolute Gasteiger partial charge is 0.0966 e. The van der Waals surface area contributed by atoms with Crippen LogP contribution in [0.15, 0.2) is 67.0 Å². The van der Waals surface area contributed by atoms with Crippen LogP contribution in [0.3, 0.4) is 0 Å². The third kappa shape index (κ3) is 3.65. The van der Waals surface area contributed by atoms with Gasteiger partial charge in [-0.05, 0) is 72.5 Å². The van der Waals surface area contributed by atoms with Gasteiger partial charge in [0.05, 0.1) is 23.4 Å². The lowest BCUT2D eigenvalue weighted by Gasteiger charge is -2.23. The number of aromatic nitrogens is 2. The van der Waals surface area contributed by atoms with E-state index in [4.69, 9.17) is 4.98 Å². The van der Waals surface area contributed by atoms with Crippen LogP contribution in [0, 0.1) is 13.8 Å². The molecule has 3 aromatic carbocycles. The summed E-state index contributed by atoms with van der Waals surface area (Å²) >= 11 is 0. The summed E-state index contributed by atoms with van der Waals surface area (Å²) in [5.74, 6) is 0. The zero-order valence-electron chi connectivity index (χ0n) is 18.7. The molecule has 0 saturated carbocycles. The van der Waals surface area contributed by atoms with Gasteiger partial charge >= 0.3 is 0 Å². The molecule has 1 heterocycles. The first-order chi connectivity index (χ1) is 14.3. The fourth-order valence-electron chi connectivity index (χ4n) is 3.91. The van der Waals surface area contributed by atoms with Crippen LogP contribution >= 0.6 is 0 Å². The lowest BCUT2D eigenvalue weighted by atomic mass is 9.97. The highest BCUT2D eigenvalue weighted by Gasteiger charge is 2.19. The molecule has 0 spiro atoms. The zero-order chi connectivity index (χ0) is 21.4. The Labute approximate surface area is 179 Å². The van der Waals surface area contributed by atoms with Gasteiger partial charge in [-0.1, -0.05) is 24.3 Å². The topological polar surface area (TPSA) is 24.3 Å². The van der Waals surface area contributed by atoms with E-state index in [1.165, 1.54) is 33.6 Å². The summed E-state index contributed by atoms with van der Waals surface area (Å²) in [4.78, 5) is 8.99. The second kappa shape index (κ2) is 7.86. The van der Waals surface area contributed by atoms with E-state index in [-0.39, 0.29) is 6.04 Å². The van der Waals surface area contributed by atoms with Gasteiger partial charge in [0.25, 0.3) is 0 Å². The minimum Gasteiger partial charge on any atom is -0.378 e. The van der Waals surface area contributed by atoms with Crippen LogP contribution in [0.25, 0.3) is 11.0 Å². The van der Waals surface area contributed by atoms with Crippen LogP contribution in [-0.2, 0) is 0 Å². The maximum absolute atomic E-state index is 4.73. The van der Waals surface area contributed by atoms with Crippen LogP contribution < -0.4 is 9.80 Å². The minimum absolute atomic E-state index is 0.0598. The van der Waals surface area contributed by atoms with Crippen molar-refractivity contribution < 1.29 is 0 Å². The molecule has 0 amide bonds. The highest BCUT2D eigenvalue weighted by Crippen LogP contribution is 2.32. The van der Waals surface area contributed by atoms with Crippen LogP contribution in [-0.4, -0.2) is 37.7 Å². The molecule has 1 aromatic heterocycles. The molecule has 0 fully saturated rings. The summed E-state index contributed by atoms with van der Waals surface area (Å²) in [7, 11) is 8.28. The number of fused-ring (bicyclic) bond motifs is 1. The van der Waals surface area contributed by atoms with E-state index < -0.39 is 0 Å². The number of anilines is 2. The van der Waals surface area contributed by atoms with E-state index in [1.807, 2.05) is 6.33 Å². The summed E-state index contributed by atoms with van der Waals surface area (Å²) in [6.45, 7) is 4.31. The molecule has 30 heavy (non-hydrogen) atoms. The van der Waals surface area contributed by atoms with Gasteiger partial charge in [0.1, 0.15) is 0 Å². The Morgan fingerprint density at radius 1 is 0.700 bits per heavy atom. The molecule has 0 aliphatic carbocycles. The van der Waals surface area contributed by atoms with Crippen molar-refractivity contribution in [1.29, 1.82) is 0 Å². The van der Waals surface area contributed by atoms with Crippen molar-refractivity contribution >= 4 is 22.4 Å². The Morgan fingerprint density at radius 2 is 1.17 bits per heavy atom. The SMILES string of the molecule is Cc1cc2ncn(C(c3ccc(N(C)C)cc3)c3ccc(N(C)C)cc3)c2cc1C. The lowest BCUT2D eigenvalue weighted by molar-refractivity contribution is 0.697. The van der Waals surface area contributed by atoms with Gasteiger partial charge in [0.2, 0.25) is 0 Å². The molecule has 0 aliphatic heterocycles. The van der Waals surface area contributed by atoms with Crippen LogP contribution in [0.2, 0.25) is 0 Å². The molecule has 0 saturated heterocycles. The fraction of sp³-hybridized carbons (Fsp3) is 0.269. The molecule has 0 aliphatic rings. The van der Waals surface area contributed by atoms with Gasteiger partial charge in [0.15, 0.2) is 0 Å². The second-order valence-corrected chi connectivity index (χ2v) is 8.45. The van der Waals surface area contributed by atoms with Crippen molar-refractivity contribution in [2.24, 2.45) is 0 Å². The average Bonchev–Trinajstić information content (AvgIpc) is 3.11. The molecule has 0 atom stereocenters. The fourth-order valence-corrected chi connectivity index (χ4v) is 3.91. The Hall–Kier alpha value is -3.27. The summed E-state index contributed by atoms with van der Waals surface area (Å²) in [5, 5.41) is 0. The molecule has 4 nitrogen and oxygen atoms in total. The first kappa shape index (κ1) is 20.0. The van der Waals surface area contributed by atoms with Crippen LogP contribution in [0.5, 0.6) is 0 Å². The normalized spacial score (nSPS) is 11.3. The maximum Gasteiger partial charge on any atom is 0.0966 e. The van der Waals surface area contributed by atoms with Crippen molar-refractivity contribution in [1.82, 2.24) is 9.55 Å². The quantitative estimate of drug-likeness (QED) is 0.448. The monoisotopic (exact) mass is 398 g/mol. The first-order valence-corrected chi connectivity index (χ1v) is 10.3. The largest absolute Gasteiger partial charge is 0.378 e. The predicted octanol–water partition coefficient (Wildman–Crippen LogP) is 5.42. The number of hydrogen-bond donors (Lipinski definition) is 0. The molecule has 0 bridgehead atoms. The molecular formula is C26H30N4. The van der Waals surface area contributed by atoms with E-state index in [1.54, 1.807) is 0 Å². The summed E-state index contributed by atoms with van der Waals surface area (Å²) < 4.78 is 2.30. The van der Waals surface area contributed by atoms with E-state index >= 15 is 0 Å². The van der Waals surface area contributed by atoms with Crippen LogP contribution in [0.4, 0.5) is 11.4 Å². The molecule has 4 rings (SSSR count). The van der Waals surface area contributed by atoms with Gasteiger partial charge < -0.3 is 14.4 Å². The highest BCUT2D eigenvalue weighted by atomic mass is 15.1. The van der Waals surface area contributed by atoms with E-state index in [9.17, 15) is 0 Å². The Bertz CT molecular complexity index is 1100. The molecule has 0 N–H and O–H groups in total. The van der Waals surface area contributed by atoms with E-state index in [0.717, 1.165) is 11.0 Å². The number of benzene rings is 3. The third-order valence-electron chi connectivity index (χ3n) is 5.92. The zero-order valence-corrected chi connectivity index (χ0v) is 18.7. The number of rotatable bonds is 5. The van der Waals surface area contributed by atoms with Gasteiger partial charge in [-0.15, -0.1) is 0 Å². The van der Waals surface area contributed by atoms with Gasteiger partial charge in [-0.3, -0.25) is 0 Å². The number of nitrogens with zero attached hydrogens (tertiary/aromatic N) is 4. The summed E-state index contributed by atoms with van der Waals surface area (Å²) in [5.41, 5.74) is 9.65. The maximum atomic E-state index is 4.73. The van der Waals surface area contributed by atoms with E-state index in [0.29, 0.717) is 0 Å². The Morgan fingerprint density at radius 3 is 1.63 bits per heavy atom. The molecule has 0 radical (unpaired) electrons. The number of aryl methyl sites for hydroxylation is 2. The summed E-state index contributed by atoms with van der Waals surface area (Å²) in [6.07, 6.45) is 1.98. The van der Waals surface area contributed by atoms with Gasteiger partial charge in [-0.2, -0.15) is 0 Å². The Kier molecular flexibility index (Phi) is 5.25. The van der Waals surface area contributed by atoms with E-state index in [2.05, 4.69) is 117 Å².